The fourth-order valence-corrected chi connectivity index (χ4v) is 2.18. The summed E-state index contributed by atoms with van der Waals surface area (Å²) in [5, 5.41) is 0. The van der Waals surface area contributed by atoms with Crippen LogP contribution < -0.4 is 9.47 Å². The minimum atomic E-state index is 0.448. The van der Waals surface area contributed by atoms with Crippen molar-refractivity contribution >= 4 is 12.6 Å². The second-order valence-electron chi connectivity index (χ2n) is 4.09. The van der Waals surface area contributed by atoms with Crippen LogP contribution in [0.4, 0.5) is 0 Å². The van der Waals surface area contributed by atoms with E-state index in [1.54, 1.807) is 24.3 Å². The van der Waals surface area contributed by atoms with E-state index >= 15 is 0 Å². The number of ether oxygens (including phenoxy) is 2. The van der Waals surface area contributed by atoms with Crippen molar-refractivity contribution in [3.8, 4) is 22.6 Å². The maximum Gasteiger partial charge on any atom is 0.153 e. The average Bonchev–Trinajstić information content (AvgIpc) is 2.52. The summed E-state index contributed by atoms with van der Waals surface area (Å²) < 4.78 is 10.6. The molecule has 0 atom stereocenters. The summed E-state index contributed by atoms with van der Waals surface area (Å²) in [5.41, 5.74) is 2.31. The van der Waals surface area contributed by atoms with Gasteiger partial charge in [-0.25, -0.2) is 0 Å². The van der Waals surface area contributed by atoms with Gasteiger partial charge in [-0.1, -0.05) is 24.3 Å². The highest BCUT2D eigenvalue weighted by Crippen LogP contribution is 2.39. The van der Waals surface area contributed by atoms with E-state index in [1.165, 1.54) is 14.2 Å². The summed E-state index contributed by atoms with van der Waals surface area (Å²) in [6.07, 6.45) is 1.47. The smallest absolute Gasteiger partial charge is 0.153 e. The summed E-state index contributed by atoms with van der Waals surface area (Å²) in [4.78, 5) is 22.2. The van der Waals surface area contributed by atoms with Gasteiger partial charge in [0.2, 0.25) is 0 Å². The lowest BCUT2D eigenvalue weighted by Gasteiger charge is -2.14. The Morgan fingerprint density at radius 2 is 1.15 bits per heavy atom. The first-order chi connectivity index (χ1) is 9.76. The van der Waals surface area contributed by atoms with Gasteiger partial charge in [-0.15, -0.1) is 0 Å². The van der Waals surface area contributed by atoms with Gasteiger partial charge in [-0.3, -0.25) is 9.59 Å². The highest BCUT2D eigenvalue weighted by atomic mass is 16.5. The van der Waals surface area contributed by atoms with Crippen LogP contribution >= 0.6 is 0 Å². The van der Waals surface area contributed by atoms with Gasteiger partial charge in [0.05, 0.1) is 25.3 Å². The van der Waals surface area contributed by atoms with Crippen molar-refractivity contribution in [1.29, 1.82) is 0 Å². The fraction of sp³-hybridized carbons (Fsp3) is 0.125. The van der Waals surface area contributed by atoms with Crippen molar-refractivity contribution in [1.82, 2.24) is 0 Å². The Labute approximate surface area is 116 Å². The molecule has 4 heteroatoms. The molecule has 0 aliphatic heterocycles. The van der Waals surface area contributed by atoms with E-state index in [2.05, 4.69) is 0 Å². The molecule has 0 amide bonds. The zero-order valence-corrected chi connectivity index (χ0v) is 11.3. The summed E-state index contributed by atoms with van der Waals surface area (Å²) >= 11 is 0. The summed E-state index contributed by atoms with van der Waals surface area (Å²) in [7, 11) is 3.00. The van der Waals surface area contributed by atoms with E-state index < -0.39 is 0 Å². The number of carbonyl (C=O) groups is 2. The number of methoxy groups -OCH3 is 2. The van der Waals surface area contributed by atoms with Crippen LogP contribution in [0.5, 0.6) is 11.5 Å². The number of hydrogen-bond acceptors (Lipinski definition) is 4. The fourth-order valence-electron chi connectivity index (χ4n) is 2.18. The molecule has 0 saturated heterocycles. The number of carbonyl (C=O) groups excluding carboxylic acids is 2. The molecule has 0 aromatic heterocycles. The van der Waals surface area contributed by atoms with Crippen molar-refractivity contribution in [2.75, 3.05) is 14.2 Å². The molecular formula is C16H14O4. The van der Waals surface area contributed by atoms with Gasteiger partial charge in [0.1, 0.15) is 11.5 Å². The van der Waals surface area contributed by atoms with Crippen LogP contribution in [-0.2, 0) is 0 Å². The number of aldehydes is 2. The molecule has 0 saturated carbocycles. The lowest BCUT2D eigenvalue weighted by molar-refractivity contribution is 0.111. The van der Waals surface area contributed by atoms with Crippen LogP contribution in [0.2, 0.25) is 0 Å². The third-order valence-electron chi connectivity index (χ3n) is 3.04. The second kappa shape index (κ2) is 6.02. The van der Waals surface area contributed by atoms with Gasteiger partial charge in [0, 0.05) is 11.1 Å². The zero-order valence-electron chi connectivity index (χ0n) is 11.3. The number of rotatable bonds is 5. The molecule has 0 radical (unpaired) electrons. The summed E-state index contributed by atoms with van der Waals surface area (Å²) in [6, 6.07) is 10.5. The molecule has 0 heterocycles. The van der Waals surface area contributed by atoms with E-state index in [4.69, 9.17) is 9.47 Å². The largest absolute Gasteiger partial charge is 0.495 e. The predicted molar refractivity (Wildman–Crippen MR) is 75.8 cm³/mol. The molecule has 0 aliphatic rings. The first-order valence-electron chi connectivity index (χ1n) is 6.01. The maximum absolute atomic E-state index is 11.1. The zero-order chi connectivity index (χ0) is 14.5. The number of benzene rings is 2. The Bertz CT molecular complexity index is 589. The van der Waals surface area contributed by atoms with Crippen LogP contribution in [0.25, 0.3) is 11.1 Å². The Kier molecular flexibility index (Phi) is 4.15. The van der Waals surface area contributed by atoms with Crippen molar-refractivity contribution in [2.24, 2.45) is 0 Å². The molecule has 2 aromatic rings. The molecule has 20 heavy (non-hydrogen) atoms. The molecule has 2 rings (SSSR count). The quantitative estimate of drug-likeness (QED) is 0.784. The molecule has 0 bridgehead atoms. The molecule has 0 N–H and O–H groups in total. The highest BCUT2D eigenvalue weighted by Gasteiger charge is 2.16. The third kappa shape index (κ3) is 2.28. The van der Waals surface area contributed by atoms with Crippen molar-refractivity contribution in [3.63, 3.8) is 0 Å². The molecule has 0 spiro atoms. The topological polar surface area (TPSA) is 52.6 Å². The minimum absolute atomic E-state index is 0.448. The molecular weight excluding hydrogens is 256 g/mol. The number of hydrogen-bond donors (Lipinski definition) is 0. The van der Waals surface area contributed by atoms with Crippen LogP contribution in [0.15, 0.2) is 36.4 Å². The van der Waals surface area contributed by atoms with Crippen LogP contribution in [0.1, 0.15) is 20.7 Å². The van der Waals surface area contributed by atoms with Crippen LogP contribution in [-0.4, -0.2) is 26.8 Å². The van der Waals surface area contributed by atoms with Gasteiger partial charge in [-0.05, 0) is 12.1 Å². The number of para-hydroxylation sites is 2. The van der Waals surface area contributed by atoms with E-state index in [0.29, 0.717) is 33.8 Å². The van der Waals surface area contributed by atoms with E-state index in [0.717, 1.165) is 12.6 Å². The molecule has 0 fully saturated rings. The molecule has 102 valence electrons. The van der Waals surface area contributed by atoms with Crippen molar-refractivity contribution in [3.05, 3.63) is 47.5 Å². The highest BCUT2D eigenvalue weighted by molar-refractivity contribution is 5.91. The molecule has 4 nitrogen and oxygen atoms in total. The predicted octanol–water partition coefficient (Wildman–Crippen LogP) is 3.00. The van der Waals surface area contributed by atoms with Crippen molar-refractivity contribution < 1.29 is 19.1 Å². The molecule has 2 aromatic carbocycles. The standard InChI is InChI=1S/C16H14O4/c1-19-15-11(9-17)5-3-7-13(15)14-8-4-6-12(10-18)16(14)20-2/h3-10H,1-2H3. The average molecular weight is 270 g/mol. The lowest BCUT2D eigenvalue weighted by atomic mass is 9.98. The third-order valence-corrected chi connectivity index (χ3v) is 3.04. The molecule has 0 unspecified atom stereocenters. The first kappa shape index (κ1) is 13.8. The van der Waals surface area contributed by atoms with Gasteiger partial charge in [0.15, 0.2) is 12.6 Å². The first-order valence-corrected chi connectivity index (χ1v) is 6.01. The Morgan fingerprint density at radius 3 is 1.45 bits per heavy atom. The van der Waals surface area contributed by atoms with E-state index in [-0.39, 0.29) is 0 Å². The Balaban J connectivity index is 2.74. The normalized spacial score (nSPS) is 9.90. The maximum atomic E-state index is 11.1. The van der Waals surface area contributed by atoms with Crippen molar-refractivity contribution in [2.45, 2.75) is 0 Å². The second-order valence-corrected chi connectivity index (χ2v) is 4.09. The lowest BCUT2D eigenvalue weighted by Crippen LogP contribution is -1.97. The van der Waals surface area contributed by atoms with E-state index in [1.807, 2.05) is 12.1 Å². The van der Waals surface area contributed by atoms with E-state index in [9.17, 15) is 9.59 Å². The minimum Gasteiger partial charge on any atom is -0.495 e. The monoisotopic (exact) mass is 270 g/mol. The summed E-state index contributed by atoms with van der Waals surface area (Å²) in [5.74, 6) is 0.924. The van der Waals surface area contributed by atoms with Gasteiger partial charge in [0.25, 0.3) is 0 Å². The summed E-state index contributed by atoms with van der Waals surface area (Å²) in [6.45, 7) is 0. The van der Waals surface area contributed by atoms with Gasteiger partial charge < -0.3 is 9.47 Å². The van der Waals surface area contributed by atoms with Crippen LogP contribution in [0, 0.1) is 0 Å². The Morgan fingerprint density at radius 1 is 0.750 bits per heavy atom. The van der Waals surface area contributed by atoms with Gasteiger partial charge >= 0.3 is 0 Å². The molecule has 0 aliphatic carbocycles. The van der Waals surface area contributed by atoms with Gasteiger partial charge in [-0.2, -0.15) is 0 Å². The SMILES string of the molecule is COc1c(C=O)cccc1-c1cccc(C=O)c1OC. The Hall–Kier alpha value is -2.62. The van der Waals surface area contributed by atoms with Crippen LogP contribution in [0.3, 0.4) is 0 Å².